The summed E-state index contributed by atoms with van der Waals surface area (Å²) in [5.74, 6) is -4.80. The molecular weight excluding hydrogens is 706 g/mol. The summed E-state index contributed by atoms with van der Waals surface area (Å²) >= 11 is 1.67. The normalized spacial score (nSPS) is 13.9. The van der Waals surface area contributed by atoms with Crippen molar-refractivity contribution in [2.24, 2.45) is 29.9 Å². The highest BCUT2D eigenvalue weighted by atomic mass is 32.1. The lowest BCUT2D eigenvalue weighted by Crippen LogP contribution is -2.59. The molecule has 0 radical (unpaired) electrons. The molecule has 48 heavy (non-hydrogen) atoms. The molecule has 3 heterocycles. The molecule has 0 saturated heterocycles. The minimum atomic E-state index is -5.48. The Balaban J connectivity index is 2.11. The molecule has 0 atom stereocenters. The van der Waals surface area contributed by atoms with Gasteiger partial charge in [-0.25, -0.2) is 18.1 Å². The molecular formula is C29H32F5N4O7PS2. The third kappa shape index (κ3) is 6.41. The fourth-order valence-corrected chi connectivity index (χ4v) is 8.98. The Morgan fingerprint density at radius 1 is 0.958 bits per heavy atom. The molecule has 0 saturated carbocycles. The predicted molar refractivity (Wildman–Crippen MR) is 169 cm³/mol. The van der Waals surface area contributed by atoms with Crippen molar-refractivity contribution in [2.75, 3.05) is 0 Å². The van der Waals surface area contributed by atoms with Crippen molar-refractivity contribution < 1.29 is 45.6 Å². The first kappa shape index (κ1) is 37.5. The van der Waals surface area contributed by atoms with Gasteiger partial charge in [0.1, 0.15) is 22.0 Å². The fraction of sp³-hybridized carbons (Fsp3) is 0.448. The van der Waals surface area contributed by atoms with E-state index >= 15 is 4.39 Å². The number of thiazole rings is 1. The van der Waals surface area contributed by atoms with Gasteiger partial charge in [-0.3, -0.25) is 27.8 Å². The maximum absolute atomic E-state index is 15.7. The van der Waals surface area contributed by atoms with Gasteiger partial charge in [0.05, 0.1) is 17.5 Å². The average Bonchev–Trinajstić information content (AvgIpc) is 3.51. The molecule has 2 N–H and O–H groups in total. The highest BCUT2D eigenvalue weighted by molar-refractivity contribution is 7.46. The molecule has 0 spiro atoms. The SMILES string of the molecule is Cn1c(=O)c2c(CC(=O)N=c3scc(-c4ccc(F)c(C(F)(F)F)c4F)n3C(OP(=O)(O)O)(C(C)(C)C)C(C)(C)C)csc2n(C)c1=O. The van der Waals surface area contributed by atoms with Gasteiger partial charge in [0, 0.05) is 35.9 Å². The van der Waals surface area contributed by atoms with Crippen molar-refractivity contribution in [3.8, 4) is 11.3 Å². The number of hydrogen-bond acceptors (Lipinski definition) is 7. The molecule has 4 aromatic rings. The minimum absolute atomic E-state index is 0.0875. The number of benzene rings is 1. The van der Waals surface area contributed by atoms with Gasteiger partial charge >= 0.3 is 19.7 Å². The van der Waals surface area contributed by atoms with E-state index < -0.39 is 82.6 Å². The van der Waals surface area contributed by atoms with Crippen LogP contribution in [0.15, 0.2) is 37.5 Å². The van der Waals surface area contributed by atoms with Crippen LogP contribution in [0.2, 0.25) is 0 Å². The first-order valence-electron chi connectivity index (χ1n) is 14.0. The number of aromatic nitrogens is 3. The predicted octanol–water partition coefficient (Wildman–Crippen LogP) is 5.65. The van der Waals surface area contributed by atoms with E-state index in [1.807, 2.05) is 0 Å². The van der Waals surface area contributed by atoms with E-state index in [0.29, 0.717) is 22.2 Å². The van der Waals surface area contributed by atoms with Crippen molar-refractivity contribution in [3.63, 3.8) is 0 Å². The Morgan fingerprint density at radius 2 is 1.54 bits per heavy atom. The van der Waals surface area contributed by atoms with Crippen LogP contribution in [0.25, 0.3) is 21.5 Å². The minimum Gasteiger partial charge on any atom is -0.303 e. The Bertz CT molecular complexity index is 2160. The van der Waals surface area contributed by atoms with E-state index in [9.17, 15) is 46.3 Å². The van der Waals surface area contributed by atoms with Crippen molar-refractivity contribution >= 4 is 46.6 Å². The van der Waals surface area contributed by atoms with Gasteiger partial charge in [0.15, 0.2) is 10.5 Å². The van der Waals surface area contributed by atoms with Crippen molar-refractivity contribution in [1.82, 2.24) is 13.7 Å². The summed E-state index contributed by atoms with van der Waals surface area (Å²) < 4.78 is 92.6. The zero-order valence-electron chi connectivity index (χ0n) is 26.9. The monoisotopic (exact) mass is 738 g/mol. The van der Waals surface area contributed by atoms with Crippen molar-refractivity contribution in [2.45, 2.75) is 59.9 Å². The number of carbonyl (C=O) groups excluding carboxylic acids is 1. The lowest BCUT2D eigenvalue weighted by atomic mass is 9.68. The van der Waals surface area contributed by atoms with Crippen LogP contribution in [0.5, 0.6) is 0 Å². The van der Waals surface area contributed by atoms with Crippen LogP contribution in [-0.2, 0) is 46.3 Å². The Hall–Kier alpha value is -3.28. The summed E-state index contributed by atoms with van der Waals surface area (Å²) in [4.78, 5) is 63.3. The lowest BCUT2D eigenvalue weighted by molar-refractivity contribution is -0.191. The third-order valence-electron chi connectivity index (χ3n) is 7.76. The zero-order valence-corrected chi connectivity index (χ0v) is 29.4. The summed E-state index contributed by atoms with van der Waals surface area (Å²) in [6.45, 7) is 9.05. The molecule has 0 aliphatic rings. The number of hydrogen-bond donors (Lipinski definition) is 2. The van der Waals surface area contributed by atoms with Crippen LogP contribution < -0.4 is 16.1 Å². The smallest absolute Gasteiger partial charge is 0.303 e. The highest BCUT2D eigenvalue weighted by Crippen LogP contribution is 2.59. The number of rotatable bonds is 6. The number of thiophene rings is 1. The van der Waals surface area contributed by atoms with E-state index in [0.717, 1.165) is 31.9 Å². The maximum Gasteiger partial charge on any atom is 0.471 e. The number of carbonyl (C=O) groups is 1. The molecule has 4 rings (SSSR count). The van der Waals surface area contributed by atoms with Gasteiger partial charge in [-0.2, -0.15) is 18.2 Å². The quantitative estimate of drug-likeness (QED) is 0.192. The Kier molecular flexibility index (Phi) is 9.58. The van der Waals surface area contributed by atoms with Crippen LogP contribution in [0.3, 0.4) is 0 Å². The van der Waals surface area contributed by atoms with E-state index in [2.05, 4.69) is 4.99 Å². The fourth-order valence-electron chi connectivity index (χ4n) is 6.04. The third-order valence-corrected chi connectivity index (χ3v) is 10.2. The molecule has 1 aromatic carbocycles. The first-order valence-corrected chi connectivity index (χ1v) is 17.3. The van der Waals surface area contributed by atoms with Crippen LogP contribution in [0.1, 0.15) is 52.7 Å². The molecule has 3 aromatic heterocycles. The highest BCUT2D eigenvalue weighted by Gasteiger charge is 2.58. The standard InChI is InChI=1S/C29H32F5N4O7PS2/c1-26(2,3)29(27(4,5)6,45-46(42,43)44)38-17(15-9-10-16(30)20(21(15)31)28(32,33)34)13-48-24(38)35-18(39)11-14-12-47-23-19(14)22(40)36(7)25(41)37(23)8/h9-10,12-13H,11H2,1-8H3,(H2,42,43,44). The van der Waals surface area contributed by atoms with E-state index in [1.165, 1.54) is 65.6 Å². The van der Waals surface area contributed by atoms with Gasteiger partial charge in [-0.15, -0.1) is 22.7 Å². The van der Waals surface area contributed by atoms with Gasteiger partial charge < -0.3 is 9.79 Å². The second-order valence-electron chi connectivity index (χ2n) is 13.1. The van der Waals surface area contributed by atoms with Gasteiger partial charge in [-0.1, -0.05) is 41.5 Å². The molecule has 0 bridgehead atoms. The molecule has 0 aliphatic heterocycles. The summed E-state index contributed by atoms with van der Waals surface area (Å²) in [5.41, 5.74) is -9.49. The Labute approximate surface area is 277 Å². The summed E-state index contributed by atoms with van der Waals surface area (Å²) in [5, 5.41) is 2.69. The summed E-state index contributed by atoms with van der Waals surface area (Å²) in [6, 6.07) is 1.13. The van der Waals surface area contributed by atoms with Crippen LogP contribution in [0.4, 0.5) is 22.0 Å². The number of halogens is 5. The number of phosphoric acid groups is 1. The van der Waals surface area contributed by atoms with E-state index in [1.54, 1.807) is 0 Å². The summed E-state index contributed by atoms with van der Waals surface area (Å²) in [6.07, 6.45) is -5.95. The number of nitrogens with zero attached hydrogens (tertiary/aromatic N) is 4. The molecule has 262 valence electrons. The maximum atomic E-state index is 15.7. The number of phosphoric ester groups is 1. The van der Waals surface area contributed by atoms with E-state index in [4.69, 9.17) is 4.52 Å². The number of alkyl halides is 3. The number of aryl methyl sites for hydroxylation is 1. The average molecular weight is 739 g/mol. The van der Waals surface area contributed by atoms with Crippen LogP contribution in [-0.4, -0.2) is 29.4 Å². The molecule has 0 aliphatic carbocycles. The summed E-state index contributed by atoms with van der Waals surface area (Å²) in [7, 11) is -2.76. The largest absolute Gasteiger partial charge is 0.471 e. The number of fused-ring (bicyclic) bond motifs is 1. The van der Waals surface area contributed by atoms with Gasteiger partial charge in [0.25, 0.3) is 11.5 Å². The molecule has 11 nitrogen and oxygen atoms in total. The number of amides is 1. The van der Waals surface area contributed by atoms with Gasteiger partial charge in [0.2, 0.25) is 0 Å². The molecule has 0 fully saturated rings. The van der Waals surface area contributed by atoms with Gasteiger partial charge in [-0.05, 0) is 23.1 Å². The molecule has 0 unspecified atom stereocenters. The van der Waals surface area contributed by atoms with E-state index in [-0.39, 0.29) is 15.8 Å². The second-order valence-corrected chi connectivity index (χ2v) is 15.9. The van der Waals surface area contributed by atoms with Crippen molar-refractivity contribution in [1.29, 1.82) is 0 Å². The van der Waals surface area contributed by atoms with Crippen molar-refractivity contribution in [3.05, 3.63) is 71.3 Å². The Morgan fingerprint density at radius 3 is 2.06 bits per heavy atom. The zero-order chi connectivity index (χ0) is 36.5. The van der Waals surface area contributed by atoms with Crippen LogP contribution in [0, 0.1) is 22.5 Å². The molecule has 19 heteroatoms. The lowest BCUT2D eigenvalue weighted by Gasteiger charge is -2.53. The first-order chi connectivity index (χ1) is 21.7. The topological polar surface area (TPSA) is 145 Å². The molecule has 1 amide bonds. The second kappa shape index (κ2) is 12.2. The van der Waals surface area contributed by atoms with Crippen LogP contribution >= 0.6 is 30.5 Å².